The van der Waals surface area contributed by atoms with Gasteiger partial charge in [-0.15, -0.1) is 0 Å². The third-order valence-corrected chi connectivity index (χ3v) is 3.15. The molecule has 1 heterocycles. The first kappa shape index (κ1) is 15.4. The summed E-state index contributed by atoms with van der Waals surface area (Å²) in [5.74, 6) is 0.126. The van der Waals surface area contributed by atoms with E-state index in [1.54, 1.807) is 0 Å². The van der Waals surface area contributed by atoms with Crippen LogP contribution in [0.2, 0.25) is 0 Å². The summed E-state index contributed by atoms with van der Waals surface area (Å²) >= 11 is 0. The molecule has 0 aliphatic carbocycles. The summed E-state index contributed by atoms with van der Waals surface area (Å²) in [6, 6.07) is 0.275. The Morgan fingerprint density at radius 2 is 2.33 bits per heavy atom. The molecular weight excluding hydrogens is 230 g/mol. The molecule has 18 heavy (non-hydrogen) atoms. The quantitative estimate of drug-likeness (QED) is 0.685. The molecule has 2 N–H and O–H groups in total. The summed E-state index contributed by atoms with van der Waals surface area (Å²) in [4.78, 5) is 14.0. The van der Waals surface area contributed by atoms with Gasteiger partial charge in [-0.3, -0.25) is 9.69 Å². The zero-order chi connectivity index (χ0) is 13.4. The first-order valence-electron chi connectivity index (χ1n) is 6.93. The molecule has 2 unspecified atom stereocenters. The molecule has 5 heteroatoms. The van der Waals surface area contributed by atoms with Gasteiger partial charge in [-0.05, 0) is 20.4 Å². The molecule has 1 fully saturated rings. The maximum absolute atomic E-state index is 11.9. The molecule has 106 valence electrons. The van der Waals surface area contributed by atoms with Crippen molar-refractivity contribution in [1.29, 1.82) is 0 Å². The van der Waals surface area contributed by atoms with Crippen LogP contribution in [0.1, 0.15) is 26.7 Å². The summed E-state index contributed by atoms with van der Waals surface area (Å²) in [5.41, 5.74) is 0. The summed E-state index contributed by atoms with van der Waals surface area (Å²) in [7, 11) is 1.92. The van der Waals surface area contributed by atoms with Crippen molar-refractivity contribution in [3.63, 3.8) is 0 Å². The molecule has 1 rings (SSSR count). The first-order valence-corrected chi connectivity index (χ1v) is 6.93. The smallest absolute Gasteiger partial charge is 0.234 e. The SMILES string of the molecule is CCCC(C)NC(=O)CN1CCOC(CNC)C1. The fourth-order valence-corrected chi connectivity index (χ4v) is 2.30. The number of amides is 1. The Morgan fingerprint density at radius 1 is 1.56 bits per heavy atom. The second-order valence-electron chi connectivity index (χ2n) is 5.04. The summed E-state index contributed by atoms with van der Waals surface area (Å²) < 4.78 is 5.61. The van der Waals surface area contributed by atoms with Gasteiger partial charge in [0.25, 0.3) is 0 Å². The number of rotatable bonds is 7. The van der Waals surface area contributed by atoms with Crippen LogP contribution in [-0.2, 0) is 9.53 Å². The fourth-order valence-electron chi connectivity index (χ4n) is 2.30. The zero-order valence-electron chi connectivity index (χ0n) is 11.9. The van der Waals surface area contributed by atoms with Crippen LogP contribution in [0.3, 0.4) is 0 Å². The molecule has 0 spiro atoms. The Labute approximate surface area is 110 Å². The van der Waals surface area contributed by atoms with Crippen molar-refractivity contribution >= 4 is 5.91 Å². The zero-order valence-corrected chi connectivity index (χ0v) is 11.9. The Bertz CT molecular complexity index is 246. The number of ether oxygens (including phenoxy) is 1. The normalized spacial score (nSPS) is 22.7. The van der Waals surface area contributed by atoms with Gasteiger partial charge in [0.1, 0.15) is 0 Å². The molecule has 5 nitrogen and oxygen atoms in total. The lowest BCUT2D eigenvalue weighted by molar-refractivity contribution is -0.124. The second kappa shape index (κ2) is 8.45. The second-order valence-corrected chi connectivity index (χ2v) is 5.04. The molecule has 1 aliphatic rings. The lowest BCUT2D eigenvalue weighted by Gasteiger charge is -2.32. The molecule has 0 aromatic rings. The highest BCUT2D eigenvalue weighted by molar-refractivity contribution is 5.78. The topological polar surface area (TPSA) is 53.6 Å². The highest BCUT2D eigenvalue weighted by Crippen LogP contribution is 2.04. The highest BCUT2D eigenvalue weighted by Gasteiger charge is 2.21. The Kier molecular flexibility index (Phi) is 7.23. The van der Waals surface area contributed by atoms with Gasteiger partial charge in [-0.1, -0.05) is 13.3 Å². The molecular formula is C13H27N3O2. The van der Waals surface area contributed by atoms with Crippen LogP contribution in [0.25, 0.3) is 0 Å². The molecule has 0 aromatic heterocycles. The van der Waals surface area contributed by atoms with E-state index in [1.807, 2.05) is 7.05 Å². The fraction of sp³-hybridized carbons (Fsp3) is 0.923. The van der Waals surface area contributed by atoms with Crippen molar-refractivity contribution in [2.24, 2.45) is 0 Å². The molecule has 1 saturated heterocycles. The van der Waals surface area contributed by atoms with Gasteiger partial charge >= 0.3 is 0 Å². The van der Waals surface area contributed by atoms with E-state index in [0.29, 0.717) is 13.2 Å². The monoisotopic (exact) mass is 257 g/mol. The minimum atomic E-state index is 0.126. The lowest BCUT2D eigenvalue weighted by Crippen LogP contribution is -2.50. The van der Waals surface area contributed by atoms with E-state index in [4.69, 9.17) is 4.74 Å². The average Bonchev–Trinajstić information content (AvgIpc) is 2.29. The molecule has 1 aliphatic heterocycles. The number of hydrogen-bond donors (Lipinski definition) is 2. The molecule has 1 amide bonds. The third kappa shape index (κ3) is 5.80. The van der Waals surface area contributed by atoms with Gasteiger partial charge in [-0.25, -0.2) is 0 Å². The lowest BCUT2D eigenvalue weighted by atomic mass is 10.2. The van der Waals surface area contributed by atoms with Crippen molar-refractivity contribution in [3.05, 3.63) is 0 Å². The largest absolute Gasteiger partial charge is 0.374 e. The van der Waals surface area contributed by atoms with Crippen LogP contribution in [0.5, 0.6) is 0 Å². The van der Waals surface area contributed by atoms with Crippen molar-refractivity contribution in [1.82, 2.24) is 15.5 Å². The summed E-state index contributed by atoms with van der Waals surface area (Å²) in [6.07, 6.45) is 2.34. The van der Waals surface area contributed by atoms with Crippen molar-refractivity contribution in [2.45, 2.75) is 38.8 Å². The Balaban J connectivity index is 2.26. The summed E-state index contributed by atoms with van der Waals surface area (Å²) in [6.45, 7) is 7.90. The van der Waals surface area contributed by atoms with Gasteiger partial charge in [0, 0.05) is 25.7 Å². The van der Waals surface area contributed by atoms with E-state index in [-0.39, 0.29) is 18.1 Å². The van der Waals surface area contributed by atoms with Crippen LogP contribution >= 0.6 is 0 Å². The van der Waals surface area contributed by atoms with Gasteiger partial charge in [0.05, 0.1) is 19.3 Å². The number of hydrogen-bond acceptors (Lipinski definition) is 4. The predicted molar refractivity (Wildman–Crippen MR) is 72.6 cm³/mol. The maximum atomic E-state index is 11.9. The van der Waals surface area contributed by atoms with Crippen molar-refractivity contribution in [3.8, 4) is 0 Å². The van der Waals surface area contributed by atoms with Crippen molar-refractivity contribution < 1.29 is 9.53 Å². The van der Waals surface area contributed by atoms with E-state index < -0.39 is 0 Å². The van der Waals surface area contributed by atoms with E-state index >= 15 is 0 Å². The van der Waals surface area contributed by atoms with Crippen molar-refractivity contribution in [2.75, 3.05) is 39.8 Å². The van der Waals surface area contributed by atoms with Gasteiger partial charge in [0.15, 0.2) is 0 Å². The van der Waals surface area contributed by atoms with Crippen LogP contribution in [0.15, 0.2) is 0 Å². The molecule has 0 bridgehead atoms. The molecule has 0 aromatic carbocycles. The minimum Gasteiger partial charge on any atom is -0.374 e. The Morgan fingerprint density at radius 3 is 3.00 bits per heavy atom. The maximum Gasteiger partial charge on any atom is 0.234 e. The van der Waals surface area contributed by atoms with Gasteiger partial charge in [-0.2, -0.15) is 0 Å². The van der Waals surface area contributed by atoms with Crippen LogP contribution in [0, 0.1) is 0 Å². The minimum absolute atomic E-state index is 0.126. The van der Waals surface area contributed by atoms with Crippen LogP contribution in [0.4, 0.5) is 0 Å². The number of likely N-dealkylation sites (N-methyl/N-ethyl adjacent to an activating group) is 1. The molecule has 0 saturated carbocycles. The van der Waals surface area contributed by atoms with Crippen LogP contribution < -0.4 is 10.6 Å². The van der Waals surface area contributed by atoms with Gasteiger partial charge in [0.2, 0.25) is 5.91 Å². The number of nitrogens with zero attached hydrogens (tertiary/aromatic N) is 1. The van der Waals surface area contributed by atoms with Gasteiger partial charge < -0.3 is 15.4 Å². The average molecular weight is 257 g/mol. The van der Waals surface area contributed by atoms with Crippen LogP contribution in [-0.4, -0.2) is 62.8 Å². The predicted octanol–water partition coefficient (Wildman–Crippen LogP) is 0.211. The summed E-state index contributed by atoms with van der Waals surface area (Å²) in [5, 5.41) is 6.15. The van der Waals surface area contributed by atoms with E-state index in [0.717, 1.165) is 32.5 Å². The number of nitrogens with one attached hydrogen (secondary N) is 2. The van der Waals surface area contributed by atoms with E-state index in [9.17, 15) is 4.79 Å². The number of morpholine rings is 1. The molecule has 2 atom stereocenters. The third-order valence-electron chi connectivity index (χ3n) is 3.15. The number of carbonyl (C=O) groups is 1. The van der Waals surface area contributed by atoms with E-state index in [2.05, 4.69) is 29.4 Å². The Hall–Kier alpha value is -0.650. The highest BCUT2D eigenvalue weighted by atomic mass is 16.5. The van der Waals surface area contributed by atoms with E-state index in [1.165, 1.54) is 0 Å². The molecule has 0 radical (unpaired) electrons. The first-order chi connectivity index (χ1) is 8.65. The number of carbonyl (C=O) groups excluding carboxylic acids is 1. The standard InChI is InChI=1S/C13H27N3O2/c1-4-5-11(2)15-13(17)10-16-6-7-18-12(9-16)8-14-3/h11-12,14H,4-10H2,1-3H3,(H,15,17).